The number of benzene rings is 1. The highest BCUT2D eigenvalue weighted by atomic mass is 32.1. The van der Waals surface area contributed by atoms with Crippen LogP contribution in [0.3, 0.4) is 0 Å². The summed E-state index contributed by atoms with van der Waals surface area (Å²) in [7, 11) is 1.39. The molecule has 1 aromatic carbocycles. The summed E-state index contributed by atoms with van der Waals surface area (Å²) in [6.45, 7) is 2.50. The summed E-state index contributed by atoms with van der Waals surface area (Å²) < 4.78 is 6.31. The van der Waals surface area contributed by atoms with E-state index < -0.39 is 17.9 Å². The van der Waals surface area contributed by atoms with E-state index in [2.05, 4.69) is 25.7 Å². The number of carbonyl (C=O) groups is 3. The molecule has 1 atom stereocenters. The Bertz CT molecular complexity index is 1550. The van der Waals surface area contributed by atoms with Crippen LogP contribution in [0.2, 0.25) is 0 Å². The van der Waals surface area contributed by atoms with Crippen molar-refractivity contribution in [1.82, 2.24) is 35.9 Å². The lowest BCUT2D eigenvalue weighted by Crippen LogP contribution is -2.64. The largest absolute Gasteiger partial charge is 0.378 e. The van der Waals surface area contributed by atoms with Crippen LogP contribution in [-0.2, 0) is 19.2 Å². The topological polar surface area (TPSA) is 155 Å². The first kappa shape index (κ1) is 24.2. The second-order valence-corrected chi connectivity index (χ2v) is 9.87. The van der Waals surface area contributed by atoms with Gasteiger partial charge in [0, 0.05) is 24.0 Å². The third kappa shape index (κ3) is 4.42. The number of thiophene rings is 1. The average molecular weight is 537 g/mol. The average Bonchev–Trinajstić information content (AvgIpc) is 3.60. The number of hydroxylamine groups is 2. The molecule has 3 amide bonds. The normalized spacial score (nSPS) is 17.6. The number of aromatic nitrogens is 4. The Balaban J connectivity index is 1.26. The molecule has 2 aliphatic rings. The second-order valence-electron chi connectivity index (χ2n) is 8.82. The minimum absolute atomic E-state index is 0.264. The quantitative estimate of drug-likeness (QED) is 0.289. The summed E-state index contributed by atoms with van der Waals surface area (Å²) >= 11 is 1.27. The summed E-state index contributed by atoms with van der Waals surface area (Å²) in [5, 5.41) is 14.4. The van der Waals surface area contributed by atoms with Crippen molar-refractivity contribution in [3.8, 4) is 11.4 Å². The molecule has 0 spiro atoms. The number of H-pyrrole nitrogens is 1. The zero-order chi connectivity index (χ0) is 26.2. The van der Waals surface area contributed by atoms with E-state index in [-0.39, 0.29) is 19.0 Å². The molecule has 13 nitrogen and oxygen atoms in total. The molecule has 2 aliphatic heterocycles. The fourth-order valence-corrected chi connectivity index (χ4v) is 5.49. The maximum absolute atomic E-state index is 13.0. The predicted octanol–water partition coefficient (Wildman–Crippen LogP) is 0.689. The predicted molar refractivity (Wildman–Crippen MR) is 139 cm³/mol. The van der Waals surface area contributed by atoms with Crippen LogP contribution >= 0.6 is 11.3 Å². The van der Waals surface area contributed by atoms with Crippen LogP contribution in [0.4, 0.5) is 5.82 Å². The van der Waals surface area contributed by atoms with Crippen LogP contribution in [0.25, 0.3) is 32.5 Å². The smallest absolute Gasteiger partial charge is 0.270 e. The Hall–Kier alpha value is -4.14. The lowest BCUT2D eigenvalue weighted by molar-refractivity contribution is -0.203. The van der Waals surface area contributed by atoms with E-state index in [1.54, 1.807) is 12.3 Å². The van der Waals surface area contributed by atoms with Crippen molar-refractivity contribution in [2.24, 2.45) is 0 Å². The number of fused-ring (bicyclic) bond motifs is 2. The van der Waals surface area contributed by atoms with E-state index in [0.29, 0.717) is 42.5 Å². The summed E-state index contributed by atoms with van der Waals surface area (Å²) in [4.78, 5) is 54.1. The van der Waals surface area contributed by atoms with Gasteiger partial charge in [0.2, 0.25) is 5.91 Å². The van der Waals surface area contributed by atoms with E-state index in [9.17, 15) is 14.4 Å². The van der Waals surface area contributed by atoms with Crippen LogP contribution < -0.4 is 15.5 Å². The molecule has 1 unspecified atom stereocenters. The first-order valence-electron chi connectivity index (χ1n) is 12.0. The lowest BCUT2D eigenvalue weighted by atomic mass is 10.1. The molecule has 38 heavy (non-hydrogen) atoms. The molecule has 14 heteroatoms. The number of β-lactam (4-membered cyclic amide) rings is 1. The maximum atomic E-state index is 13.0. The molecule has 0 aliphatic carbocycles. The van der Waals surface area contributed by atoms with Gasteiger partial charge in [0.05, 0.1) is 60.2 Å². The Morgan fingerprint density at radius 1 is 1.26 bits per heavy atom. The summed E-state index contributed by atoms with van der Waals surface area (Å²) in [6.07, 6.45) is 1.74. The third-order valence-electron chi connectivity index (χ3n) is 6.47. The molecule has 196 valence electrons. The van der Waals surface area contributed by atoms with Gasteiger partial charge in [-0.15, -0.1) is 11.3 Å². The molecule has 3 aromatic heterocycles. The molecule has 0 saturated carbocycles. The number of anilines is 1. The molecule has 5 heterocycles. The number of hydrogen-bond donors (Lipinski definition) is 3. The molecular weight excluding hydrogens is 512 g/mol. The number of amides is 3. The van der Waals surface area contributed by atoms with Gasteiger partial charge in [-0.25, -0.2) is 15.0 Å². The molecular formula is C24H24N8O5S. The molecule has 6 rings (SSSR count). The standard InChI is InChI=1S/C24H24N8O5S/c1-36-32-12-17(24(32)35)27-19(33)11-25-23(34)18-9-16-20(38-18)22(31-5-7-37-8-6-31)29-21(28-16)13-3-2-4-15-14(13)10-26-30-15/h2-4,9-10,17H,5-8,11-12H2,1H3,(H,25,34)(H,26,30)(H,27,33). The van der Waals surface area contributed by atoms with Gasteiger partial charge in [0.25, 0.3) is 11.8 Å². The monoisotopic (exact) mass is 536 g/mol. The highest BCUT2D eigenvalue weighted by Crippen LogP contribution is 2.35. The van der Waals surface area contributed by atoms with Crippen molar-refractivity contribution >= 4 is 56.0 Å². The van der Waals surface area contributed by atoms with Crippen LogP contribution in [-0.4, -0.2) is 95.5 Å². The van der Waals surface area contributed by atoms with Gasteiger partial charge in [-0.3, -0.25) is 24.3 Å². The van der Waals surface area contributed by atoms with E-state index in [1.165, 1.54) is 18.4 Å². The van der Waals surface area contributed by atoms with Gasteiger partial charge < -0.3 is 20.3 Å². The summed E-state index contributed by atoms with van der Waals surface area (Å²) in [5.74, 6) is 0.0749. The fraction of sp³-hybridized carbons (Fsp3) is 0.333. The van der Waals surface area contributed by atoms with E-state index >= 15 is 0 Å². The van der Waals surface area contributed by atoms with Crippen LogP contribution in [0.15, 0.2) is 30.5 Å². The lowest BCUT2D eigenvalue weighted by Gasteiger charge is -2.35. The van der Waals surface area contributed by atoms with Crippen LogP contribution in [0.5, 0.6) is 0 Å². The molecule has 0 radical (unpaired) electrons. The fourth-order valence-electron chi connectivity index (χ4n) is 4.46. The van der Waals surface area contributed by atoms with Gasteiger partial charge >= 0.3 is 0 Å². The molecule has 2 fully saturated rings. The first-order chi connectivity index (χ1) is 18.5. The molecule has 4 aromatic rings. The van der Waals surface area contributed by atoms with Crippen LogP contribution in [0.1, 0.15) is 9.67 Å². The van der Waals surface area contributed by atoms with Crippen molar-refractivity contribution < 1.29 is 24.0 Å². The first-order valence-corrected chi connectivity index (χ1v) is 12.8. The van der Waals surface area contributed by atoms with Crippen LogP contribution in [0, 0.1) is 0 Å². The Morgan fingerprint density at radius 3 is 2.89 bits per heavy atom. The maximum Gasteiger partial charge on any atom is 0.270 e. The van der Waals surface area contributed by atoms with Gasteiger partial charge in [0.1, 0.15) is 6.04 Å². The van der Waals surface area contributed by atoms with Crippen molar-refractivity contribution in [2.45, 2.75) is 6.04 Å². The van der Waals surface area contributed by atoms with Crippen molar-refractivity contribution in [3.63, 3.8) is 0 Å². The summed E-state index contributed by atoms with van der Waals surface area (Å²) in [5.41, 5.74) is 2.34. The number of carbonyl (C=O) groups excluding carboxylic acids is 3. The summed E-state index contributed by atoms with van der Waals surface area (Å²) in [6, 6.07) is 6.86. The van der Waals surface area contributed by atoms with Crippen molar-refractivity contribution in [2.75, 3.05) is 51.4 Å². The number of nitrogens with zero attached hydrogens (tertiary/aromatic N) is 5. The van der Waals surface area contributed by atoms with Gasteiger partial charge in [0.15, 0.2) is 11.6 Å². The zero-order valence-electron chi connectivity index (χ0n) is 20.4. The minimum Gasteiger partial charge on any atom is -0.378 e. The Morgan fingerprint density at radius 2 is 2.11 bits per heavy atom. The molecule has 3 N–H and O–H groups in total. The highest BCUT2D eigenvalue weighted by Gasteiger charge is 2.38. The number of aromatic amines is 1. The van der Waals surface area contributed by atoms with E-state index in [4.69, 9.17) is 19.5 Å². The molecule has 0 bridgehead atoms. The number of ether oxygens (including phenoxy) is 1. The third-order valence-corrected chi connectivity index (χ3v) is 7.59. The number of rotatable bonds is 7. The molecule has 2 saturated heterocycles. The Labute approximate surface area is 220 Å². The van der Waals surface area contributed by atoms with E-state index in [0.717, 1.165) is 32.0 Å². The van der Waals surface area contributed by atoms with E-state index in [1.807, 2.05) is 18.2 Å². The second kappa shape index (κ2) is 9.96. The number of hydrogen-bond acceptors (Lipinski definition) is 10. The number of morpholine rings is 1. The SMILES string of the molecule is CON1CC(NC(=O)CNC(=O)c2cc3nc(-c4cccc5[nH]ncc45)nc(N4CCOCC4)c3s2)C1=O. The van der Waals surface area contributed by atoms with Gasteiger partial charge in [-0.1, -0.05) is 12.1 Å². The van der Waals surface area contributed by atoms with Crippen molar-refractivity contribution in [1.29, 1.82) is 0 Å². The van der Waals surface area contributed by atoms with Gasteiger partial charge in [-0.2, -0.15) is 5.10 Å². The highest BCUT2D eigenvalue weighted by molar-refractivity contribution is 7.21. The van der Waals surface area contributed by atoms with Gasteiger partial charge in [-0.05, 0) is 12.1 Å². The Kier molecular flexibility index (Phi) is 6.35. The zero-order valence-corrected chi connectivity index (χ0v) is 21.2. The number of nitrogens with one attached hydrogen (secondary N) is 3. The van der Waals surface area contributed by atoms with Crippen molar-refractivity contribution in [3.05, 3.63) is 35.3 Å². The minimum atomic E-state index is -0.645.